The fraction of sp³-hybridized carbons (Fsp3) is 0.458. The fourth-order valence-corrected chi connectivity index (χ4v) is 4.70. The second-order valence-corrected chi connectivity index (χ2v) is 8.50. The van der Waals surface area contributed by atoms with Crippen LogP contribution in [0.1, 0.15) is 24.0 Å². The van der Waals surface area contributed by atoms with Crippen LogP contribution in [0.25, 0.3) is 0 Å². The minimum absolute atomic E-state index is 0.00744. The number of hydrogen-bond donors (Lipinski definition) is 1. The Kier molecular flexibility index (Phi) is 6.61. The standard InChI is InChI=1S/C24H28FN3O3/c25-20-3-1-19(2-4-20)15-22(29)28-16-21(24(17-28)8-13-31-14-9-24)23(30)27-12-7-18-5-10-26-11-6-18/h1-6,10-11,21H,7-9,12-17H2,(H,27,30). The van der Waals surface area contributed by atoms with E-state index in [4.69, 9.17) is 4.74 Å². The van der Waals surface area contributed by atoms with Crippen LogP contribution in [0, 0.1) is 17.2 Å². The number of aromatic nitrogens is 1. The lowest BCUT2D eigenvalue weighted by Crippen LogP contribution is -2.44. The summed E-state index contributed by atoms with van der Waals surface area (Å²) in [6.45, 7) is 2.76. The number of carbonyl (C=O) groups is 2. The predicted octanol–water partition coefficient (Wildman–Crippen LogP) is 2.38. The van der Waals surface area contributed by atoms with Gasteiger partial charge in [-0.25, -0.2) is 4.39 Å². The maximum absolute atomic E-state index is 13.2. The molecule has 1 atom stereocenters. The number of hydrogen-bond acceptors (Lipinski definition) is 4. The monoisotopic (exact) mass is 425 g/mol. The molecule has 1 spiro atoms. The number of likely N-dealkylation sites (tertiary alicyclic amines) is 1. The number of pyridine rings is 1. The van der Waals surface area contributed by atoms with E-state index in [1.54, 1.807) is 24.5 Å². The van der Waals surface area contributed by atoms with E-state index >= 15 is 0 Å². The van der Waals surface area contributed by atoms with Gasteiger partial charge in [-0.2, -0.15) is 0 Å². The molecule has 2 aliphatic heterocycles. The first kappa shape index (κ1) is 21.4. The van der Waals surface area contributed by atoms with Gasteiger partial charge in [-0.15, -0.1) is 0 Å². The average molecular weight is 426 g/mol. The van der Waals surface area contributed by atoms with Crippen LogP contribution in [-0.2, 0) is 27.2 Å². The highest BCUT2D eigenvalue weighted by Crippen LogP contribution is 2.44. The molecule has 2 amide bonds. The van der Waals surface area contributed by atoms with Crippen molar-refractivity contribution in [2.45, 2.75) is 25.7 Å². The van der Waals surface area contributed by atoms with Gasteiger partial charge in [0.1, 0.15) is 5.82 Å². The zero-order valence-corrected chi connectivity index (χ0v) is 17.6. The first-order valence-electron chi connectivity index (χ1n) is 10.8. The number of nitrogens with one attached hydrogen (secondary N) is 1. The van der Waals surface area contributed by atoms with Crippen molar-refractivity contribution in [3.05, 3.63) is 65.7 Å². The Morgan fingerprint density at radius 2 is 1.81 bits per heavy atom. The number of benzene rings is 1. The molecule has 2 fully saturated rings. The quantitative estimate of drug-likeness (QED) is 0.772. The van der Waals surface area contributed by atoms with Crippen molar-refractivity contribution in [1.82, 2.24) is 15.2 Å². The molecule has 4 rings (SSSR count). The van der Waals surface area contributed by atoms with Gasteiger partial charge in [-0.05, 0) is 54.7 Å². The molecule has 6 nitrogen and oxygen atoms in total. The Labute approximate surface area is 181 Å². The molecule has 0 radical (unpaired) electrons. The highest BCUT2D eigenvalue weighted by molar-refractivity contribution is 5.84. The summed E-state index contributed by atoms with van der Waals surface area (Å²) in [5, 5.41) is 3.08. The largest absolute Gasteiger partial charge is 0.381 e. The normalized spacial score (nSPS) is 20.0. The van der Waals surface area contributed by atoms with Crippen LogP contribution in [0.2, 0.25) is 0 Å². The summed E-state index contributed by atoms with van der Waals surface area (Å²) in [7, 11) is 0. The Balaban J connectivity index is 1.40. The van der Waals surface area contributed by atoms with Crippen molar-refractivity contribution in [3.8, 4) is 0 Å². The minimum atomic E-state index is -0.318. The maximum atomic E-state index is 13.2. The van der Waals surface area contributed by atoms with Crippen LogP contribution in [0.15, 0.2) is 48.8 Å². The van der Waals surface area contributed by atoms with Crippen LogP contribution < -0.4 is 5.32 Å². The molecule has 1 N–H and O–H groups in total. The number of carbonyl (C=O) groups excluding carboxylic acids is 2. The lowest BCUT2D eigenvalue weighted by molar-refractivity contribution is -0.130. The summed E-state index contributed by atoms with van der Waals surface area (Å²) in [5.41, 5.74) is 1.66. The minimum Gasteiger partial charge on any atom is -0.381 e. The topological polar surface area (TPSA) is 71.5 Å². The Hall–Kier alpha value is -2.80. The summed E-state index contributed by atoms with van der Waals surface area (Å²) < 4.78 is 18.7. The predicted molar refractivity (Wildman–Crippen MR) is 114 cm³/mol. The van der Waals surface area contributed by atoms with E-state index in [0.29, 0.717) is 32.8 Å². The van der Waals surface area contributed by atoms with Gasteiger partial charge in [-0.1, -0.05) is 12.1 Å². The van der Waals surface area contributed by atoms with Crippen molar-refractivity contribution in [2.24, 2.45) is 11.3 Å². The van der Waals surface area contributed by atoms with Crippen molar-refractivity contribution in [2.75, 3.05) is 32.8 Å². The molecule has 1 unspecified atom stereocenters. The lowest BCUT2D eigenvalue weighted by atomic mass is 9.71. The zero-order chi connectivity index (χ0) is 21.7. The molecule has 1 aromatic heterocycles. The van der Waals surface area contributed by atoms with Gasteiger partial charge < -0.3 is 15.0 Å². The van der Waals surface area contributed by atoms with Gasteiger partial charge in [0.25, 0.3) is 0 Å². The van der Waals surface area contributed by atoms with Crippen LogP contribution in [0.5, 0.6) is 0 Å². The molecule has 2 saturated heterocycles. The van der Waals surface area contributed by atoms with Gasteiger partial charge in [-0.3, -0.25) is 14.6 Å². The van der Waals surface area contributed by atoms with Crippen LogP contribution in [0.4, 0.5) is 4.39 Å². The second-order valence-electron chi connectivity index (χ2n) is 8.50. The number of halogens is 1. The molecule has 164 valence electrons. The van der Waals surface area contributed by atoms with Gasteiger partial charge in [0.15, 0.2) is 0 Å². The van der Waals surface area contributed by atoms with Crippen LogP contribution in [0.3, 0.4) is 0 Å². The van der Waals surface area contributed by atoms with Crippen molar-refractivity contribution >= 4 is 11.8 Å². The average Bonchev–Trinajstić information content (AvgIpc) is 3.15. The van der Waals surface area contributed by atoms with Crippen molar-refractivity contribution < 1.29 is 18.7 Å². The van der Waals surface area contributed by atoms with E-state index in [-0.39, 0.29) is 35.4 Å². The number of ether oxygens (including phenoxy) is 1. The maximum Gasteiger partial charge on any atom is 0.227 e. The van der Waals surface area contributed by atoms with Crippen LogP contribution in [-0.4, -0.2) is 54.5 Å². The zero-order valence-electron chi connectivity index (χ0n) is 17.6. The summed E-state index contributed by atoms with van der Waals surface area (Å²) in [6, 6.07) is 9.89. The Morgan fingerprint density at radius 1 is 1.10 bits per heavy atom. The molecule has 7 heteroatoms. The first-order chi connectivity index (χ1) is 15.1. The first-order valence-corrected chi connectivity index (χ1v) is 10.8. The van der Waals surface area contributed by atoms with E-state index in [0.717, 1.165) is 30.4 Å². The molecule has 2 aliphatic rings. The number of rotatable bonds is 6. The van der Waals surface area contributed by atoms with E-state index in [9.17, 15) is 14.0 Å². The van der Waals surface area contributed by atoms with E-state index in [1.165, 1.54) is 12.1 Å². The van der Waals surface area contributed by atoms with Gasteiger partial charge in [0.05, 0.1) is 12.3 Å². The molecule has 3 heterocycles. The van der Waals surface area contributed by atoms with E-state index in [2.05, 4.69) is 10.3 Å². The molecular weight excluding hydrogens is 397 g/mol. The molecule has 1 aromatic carbocycles. The number of amides is 2. The third-order valence-corrected chi connectivity index (χ3v) is 6.54. The Bertz CT molecular complexity index is 898. The van der Waals surface area contributed by atoms with Gasteiger partial charge in [0, 0.05) is 50.7 Å². The van der Waals surface area contributed by atoms with E-state index in [1.807, 2.05) is 17.0 Å². The van der Waals surface area contributed by atoms with Crippen molar-refractivity contribution in [3.63, 3.8) is 0 Å². The van der Waals surface area contributed by atoms with Gasteiger partial charge >= 0.3 is 0 Å². The van der Waals surface area contributed by atoms with Gasteiger partial charge in [0.2, 0.25) is 11.8 Å². The third-order valence-electron chi connectivity index (χ3n) is 6.54. The Morgan fingerprint density at radius 3 is 2.52 bits per heavy atom. The lowest BCUT2D eigenvalue weighted by Gasteiger charge is -2.37. The highest BCUT2D eigenvalue weighted by Gasteiger charge is 2.51. The summed E-state index contributed by atoms with van der Waals surface area (Å²) in [6.07, 6.45) is 5.99. The van der Waals surface area contributed by atoms with E-state index < -0.39 is 0 Å². The fourth-order valence-electron chi connectivity index (χ4n) is 4.70. The highest BCUT2D eigenvalue weighted by atomic mass is 19.1. The second kappa shape index (κ2) is 9.56. The molecule has 2 aromatic rings. The molecule has 0 bridgehead atoms. The summed E-state index contributed by atoms with van der Waals surface area (Å²) >= 11 is 0. The molecule has 31 heavy (non-hydrogen) atoms. The third kappa shape index (κ3) is 5.10. The smallest absolute Gasteiger partial charge is 0.227 e. The van der Waals surface area contributed by atoms with Crippen molar-refractivity contribution in [1.29, 1.82) is 0 Å². The summed E-state index contributed by atoms with van der Waals surface area (Å²) in [5.74, 6) is -0.578. The summed E-state index contributed by atoms with van der Waals surface area (Å²) in [4.78, 5) is 31.9. The SMILES string of the molecule is O=C(NCCc1ccncc1)C1CN(C(=O)Cc2ccc(F)cc2)CC12CCOCC2. The van der Waals surface area contributed by atoms with Crippen LogP contribution >= 0.6 is 0 Å². The molecule has 0 saturated carbocycles. The molecular formula is C24H28FN3O3. The number of nitrogens with zero attached hydrogens (tertiary/aromatic N) is 2. The molecule has 0 aliphatic carbocycles.